The molecule has 0 bridgehead atoms. The molecule has 0 saturated heterocycles. The molecular formula is C13H18N4O3. The van der Waals surface area contributed by atoms with Crippen LogP contribution in [-0.2, 0) is 4.79 Å². The minimum atomic E-state index is -0.979. The van der Waals surface area contributed by atoms with Crippen molar-refractivity contribution in [3.05, 3.63) is 40.3 Å². The summed E-state index contributed by atoms with van der Waals surface area (Å²) in [6, 6.07) is 6.09. The maximum Gasteiger partial charge on any atom is 0.325 e. The maximum absolute atomic E-state index is 11.2. The van der Waals surface area contributed by atoms with Crippen molar-refractivity contribution in [2.45, 2.75) is 19.4 Å². The average Bonchev–Trinajstić information content (AvgIpc) is 2.45. The van der Waals surface area contributed by atoms with Crippen molar-refractivity contribution in [1.29, 1.82) is 0 Å². The van der Waals surface area contributed by atoms with Gasteiger partial charge in [-0.1, -0.05) is 24.2 Å². The van der Waals surface area contributed by atoms with Crippen molar-refractivity contribution in [3.8, 4) is 5.75 Å². The second-order valence-corrected chi connectivity index (χ2v) is 4.10. The lowest BCUT2D eigenvalue weighted by molar-refractivity contribution is -0.139. The molecule has 0 saturated carbocycles. The molecule has 0 aromatic heterocycles. The van der Waals surface area contributed by atoms with Gasteiger partial charge in [0.15, 0.2) is 0 Å². The molecule has 2 N–H and O–H groups in total. The molecule has 0 spiro atoms. The number of aliphatic carboxylic acids is 1. The zero-order valence-electron chi connectivity index (χ0n) is 11.3. The molecular weight excluding hydrogens is 260 g/mol. The molecule has 0 aliphatic carbocycles. The third-order valence-corrected chi connectivity index (χ3v) is 2.56. The lowest BCUT2D eigenvalue weighted by atomic mass is 10.1. The summed E-state index contributed by atoms with van der Waals surface area (Å²) in [5.74, 6) is -0.262. The number of nitrogens with one attached hydrogen (secondary N) is 1. The van der Waals surface area contributed by atoms with E-state index in [0.717, 1.165) is 6.42 Å². The van der Waals surface area contributed by atoms with Crippen molar-refractivity contribution in [1.82, 2.24) is 5.32 Å². The van der Waals surface area contributed by atoms with Crippen LogP contribution < -0.4 is 10.1 Å². The largest absolute Gasteiger partial charge is 0.494 e. The van der Waals surface area contributed by atoms with E-state index in [1.807, 2.05) is 6.92 Å². The van der Waals surface area contributed by atoms with E-state index in [2.05, 4.69) is 15.3 Å². The Morgan fingerprint density at radius 3 is 2.75 bits per heavy atom. The molecule has 1 atom stereocenters. The molecule has 1 rings (SSSR count). The highest BCUT2D eigenvalue weighted by atomic mass is 16.5. The maximum atomic E-state index is 11.2. The number of ether oxygens (including phenoxy) is 1. The fourth-order valence-corrected chi connectivity index (χ4v) is 1.63. The van der Waals surface area contributed by atoms with E-state index in [-0.39, 0.29) is 6.54 Å². The summed E-state index contributed by atoms with van der Waals surface area (Å²) in [6.45, 7) is 3.15. The topological polar surface area (TPSA) is 107 Å². The van der Waals surface area contributed by atoms with Crippen LogP contribution in [0.3, 0.4) is 0 Å². The van der Waals surface area contributed by atoms with Gasteiger partial charge in [0.1, 0.15) is 11.8 Å². The standard InChI is InChI=1S/C13H18N4O3/c1-2-9-20-11-5-3-10(4-6-11)12(13(18)19)15-7-8-16-17-14/h3-6,12,15H,2,7-9H2,1H3,(H,18,19). The van der Waals surface area contributed by atoms with E-state index in [9.17, 15) is 9.90 Å². The molecule has 108 valence electrons. The zero-order valence-corrected chi connectivity index (χ0v) is 11.3. The third kappa shape index (κ3) is 5.17. The molecule has 0 amide bonds. The lowest BCUT2D eigenvalue weighted by Crippen LogP contribution is -2.30. The number of benzene rings is 1. The summed E-state index contributed by atoms with van der Waals surface area (Å²) in [4.78, 5) is 13.8. The molecule has 0 aliphatic heterocycles. The van der Waals surface area contributed by atoms with Crippen LogP contribution in [-0.4, -0.2) is 30.8 Å². The SMILES string of the molecule is CCCOc1ccc(C(NCCN=[N+]=[N-])C(=O)O)cc1. The van der Waals surface area contributed by atoms with E-state index in [4.69, 9.17) is 10.3 Å². The Bertz CT molecular complexity index is 469. The predicted octanol–water partition coefficient (Wildman–Crippen LogP) is 2.50. The van der Waals surface area contributed by atoms with Crippen LogP contribution in [0.5, 0.6) is 5.75 Å². The molecule has 7 heteroatoms. The lowest BCUT2D eigenvalue weighted by Gasteiger charge is -2.14. The summed E-state index contributed by atoms with van der Waals surface area (Å²) in [7, 11) is 0. The highest BCUT2D eigenvalue weighted by Gasteiger charge is 2.18. The summed E-state index contributed by atoms with van der Waals surface area (Å²) in [6.07, 6.45) is 0.917. The van der Waals surface area contributed by atoms with Crippen LogP contribution in [0.25, 0.3) is 10.4 Å². The number of azide groups is 1. The molecule has 20 heavy (non-hydrogen) atoms. The molecule has 0 radical (unpaired) electrons. The molecule has 1 unspecified atom stereocenters. The Balaban J connectivity index is 2.66. The highest BCUT2D eigenvalue weighted by molar-refractivity contribution is 5.75. The zero-order chi connectivity index (χ0) is 14.8. The average molecular weight is 278 g/mol. The Hall–Kier alpha value is -2.24. The second kappa shape index (κ2) is 8.79. The van der Waals surface area contributed by atoms with E-state index in [0.29, 0.717) is 24.5 Å². The van der Waals surface area contributed by atoms with E-state index >= 15 is 0 Å². The first-order valence-corrected chi connectivity index (χ1v) is 6.38. The van der Waals surface area contributed by atoms with Crippen LogP contribution in [0.15, 0.2) is 29.4 Å². The van der Waals surface area contributed by atoms with Gasteiger partial charge < -0.3 is 15.2 Å². The summed E-state index contributed by atoms with van der Waals surface area (Å²) in [5.41, 5.74) is 8.79. The van der Waals surface area contributed by atoms with Gasteiger partial charge in [-0.25, -0.2) is 0 Å². The van der Waals surface area contributed by atoms with Crippen molar-refractivity contribution < 1.29 is 14.6 Å². The van der Waals surface area contributed by atoms with Crippen molar-refractivity contribution in [3.63, 3.8) is 0 Å². The molecule has 7 nitrogen and oxygen atoms in total. The fraction of sp³-hybridized carbons (Fsp3) is 0.462. The quantitative estimate of drug-likeness (QED) is 0.313. The van der Waals surface area contributed by atoms with Gasteiger partial charge in [0.2, 0.25) is 0 Å². The van der Waals surface area contributed by atoms with Gasteiger partial charge >= 0.3 is 5.97 Å². The first-order valence-electron chi connectivity index (χ1n) is 6.38. The van der Waals surface area contributed by atoms with Gasteiger partial charge in [0, 0.05) is 18.0 Å². The highest BCUT2D eigenvalue weighted by Crippen LogP contribution is 2.18. The summed E-state index contributed by atoms with van der Waals surface area (Å²) < 4.78 is 5.44. The monoisotopic (exact) mass is 278 g/mol. The van der Waals surface area contributed by atoms with Crippen LogP contribution in [0.4, 0.5) is 0 Å². The normalized spacial score (nSPS) is 11.4. The van der Waals surface area contributed by atoms with Gasteiger partial charge in [0.25, 0.3) is 0 Å². The molecule has 0 fully saturated rings. The number of carbonyl (C=O) groups is 1. The first kappa shape index (κ1) is 15.8. The molecule has 0 aliphatic rings. The minimum Gasteiger partial charge on any atom is -0.494 e. The number of carboxylic acid groups (broad SMARTS) is 1. The van der Waals surface area contributed by atoms with Gasteiger partial charge in [-0.2, -0.15) is 0 Å². The molecule has 1 aromatic rings. The third-order valence-electron chi connectivity index (χ3n) is 2.56. The van der Waals surface area contributed by atoms with E-state index in [1.54, 1.807) is 24.3 Å². The second-order valence-electron chi connectivity index (χ2n) is 4.10. The predicted molar refractivity (Wildman–Crippen MR) is 74.6 cm³/mol. The van der Waals surface area contributed by atoms with Crippen molar-refractivity contribution >= 4 is 5.97 Å². The van der Waals surface area contributed by atoms with Gasteiger partial charge in [-0.05, 0) is 29.6 Å². The van der Waals surface area contributed by atoms with E-state index < -0.39 is 12.0 Å². The van der Waals surface area contributed by atoms with Crippen LogP contribution in [0, 0.1) is 0 Å². The van der Waals surface area contributed by atoms with Gasteiger partial charge in [-0.15, -0.1) is 0 Å². The Kier molecular flexibility index (Phi) is 6.95. The first-order chi connectivity index (χ1) is 9.69. The molecule has 1 aromatic carbocycles. The van der Waals surface area contributed by atoms with Crippen LogP contribution in [0.2, 0.25) is 0 Å². The van der Waals surface area contributed by atoms with Crippen LogP contribution in [0.1, 0.15) is 24.9 Å². The van der Waals surface area contributed by atoms with Crippen LogP contribution >= 0.6 is 0 Å². The van der Waals surface area contributed by atoms with Crippen molar-refractivity contribution in [2.24, 2.45) is 5.11 Å². The summed E-state index contributed by atoms with van der Waals surface area (Å²) >= 11 is 0. The number of carboxylic acids is 1. The number of hydrogen-bond acceptors (Lipinski definition) is 4. The fourth-order valence-electron chi connectivity index (χ4n) is 1.63. The Morgan fingerprint density at radius 1 is 1.50 bits per heavy atom. The number of nitrogens with zero attached hydrogens (tertiary/aromatic N) is 3. The van der Waals surface area contributed by atoms with E-state index in [1.165, 1.54) is 0 Å². The Labute approximate surface area is 117 Å². The van der Waals surface area contributed by atoms with Gasteiger partial charge in [0.05, 0.1) is 6.61 Å². The molecule has 0 heterocycles. The smallest absolute Gasteiger partial charge is 0.325 e. The summed E-state index contributed by atoms with van der Waals surface area (Å²) in [5, 5.41) is 15.4. The minimum absolute atomic E-state index is 0.206. The Morgan fingerprint density at radius 2 is 2.20 bits per heavy atom. The number of hydrogen-bond donors (Lipinski definition) is 2. The van der Waals surface area contributed by atoms with Gasteiger partial charge in [-0.3, -0.25) is 4.79 Å². The van der Waals surface area contributed by atoms with Crippen molar-refractivity contribution in [2.75, 3.05) is 19.7 Å². The number of rotatable bonds is 9.